The van der Waals surface area contributed by atoms with Gasteiger partial charge in [-0.2, -0.15) is 0 Å². The molecule has 0 fully saturated rings. The van der Waals surface area contributed by atoms with Gasteiger partial charge in [-0.15, -0.1) is 11.3 Å². The fraction of sp³-hybridized carbons (Fsp3) is 0.184. The highest BCUT2D eigenvalue weighted by atomic mass is 32.2. The van der Waals surface area contributed by atoms with Crippen molar-refractivity contribution in [1.29, 1.82) is 0 Å². The third kappa shape index (κ3) is 7.88. The number of thiophene rings is 1. The minimum atomic E-state index is -1.04. The molecule has 1 heterocycles. The average Bonchev–Trinajstić information content (AvgIpc) is 3.67. The number of hydrogen-bond donors (Lipinski definition) is 2. The Hall–Kier alpha value is -4.37. The molecule has 0 saturated heterocycles. The highest BCUT2D eigenvalue weighted by Gasteiger charge is 2.25. The molecular weight excluding hydrogens is 618 g/mol. The minimum absolute atomic E-state index is 0.100. The monoisotopic (exact) mass is 653 g/mol. The van der Waals surface area contributed by atoms with Crippen molar-refractivity contribution in [3.63, 3.8) is 0 Å². The molecule has 2 N–H and O–H groups in total. The van der Waals surface area contributed by atoms with Gasteiger partial charge in [0.25, 0.3) is 0 Å². The van der Waals surface area contributed by atoms with E-state index in [1.54, 1.807) is 35.8 Å². The van der Waals surface area contributed by atoms with Crippen LogP contribution in [0.5, 0.6) is 5.75 Å². The lowest BCUT2D eigenvalue weighted by molar-refractivity contribution is -0.135. The average molecular weight is 654 g/mol. The molecule has 6 rings (SSSR count). The van der Waals surface area contributed by atoms with Crippen molar-refractivity contribution in [1.82, 2.24) is 5.32 Å². The summed E-state index contributed by atoms with van der Waals surface area (Å²) in [7, 11) is 0.939. The Morgan fingerprint density at radius 1 is 1.00 bits per heavy atom. The van der Waals surface area contributed by atoms with Crippen molar-refractivity contribution in [3.8, 4) is 5.75 Å². The Morgan fingerprint density at radius 2 is 1.76 bits per heavy atom. The molecule has 46 heavy (non-hydrogen) atoms. The zero-order chi connectivity index (χ0) is 32.6. The second-order valence-electron chi connectivity index (χ2n) is 10.9. The third-order valence-corrected chi connectivity index (χ3v) is 9.74. The summed E-state index contributed by atoms with van der Waals surface area (Å²) >= 11 is 1.75. The summed E-state index contributed by atoms with van der Waals surface area (Å²) in [6.45, 7) is 2.80. The lowest BCUT2D eigenvalue weighted by Crippen LogP contribution is -2.15. The first kappa shape index (κ1) is 33.0. The fourth-order valence-electron chi connectivity index (χ4n) is 5.52. The van der Waals surface area contributed by atoms with E-state index in [1.807, 2.05) is 32.2 Å². The summed E-state index contributed by atoms with van der Waals surface area (Å²) in [5, 5.41) is 16.9. The topological polar surface area (TPSA) is 75.6 Å². The van der Waals surface area contributed by atoms with Crippen molar-refractivity contribution in [2.75, 3.05) is 19.8 Å². The SMILES string of the molecule is CC1=C(CC(=O)O)c2cc(F)ccc2/C1=C\c1ccc(S(C)=O)cc1.CNCC[C@@H](Oc1cccc2ccccc12)c1cccs1. The smallest absolute Gasteiger partial charge is 0.307 e. The molecule has 0 aliphatic heterocycles. The van der Waals surface area contributed by atoms with Crippen LogP contribution in [0.4, 0.5) is 4.39 Å². The largest absolute Gasteiger partial charge is 0.484 e. The molecular formula is C38H36FNO4S2. The van der Waals surface area contributed by atoms with Gasteiger partial charge in [-0.1, -0.05) is 60.7 Å². The lowest BCUT2D eigenvalue weighted by atomic mass is 10.0. The van der Waals surface area contributed by atoms with Crippen molar-refractivity contribution >= 4 is 56.1 Å². The van der Waals surface area contributed by atoms with Crippen LogP contribution in [-0.2, 0) is 15.6 Å². The number of nitrogens with one attached hydrogen (secondary N) is 1. The van der Waals surface area contributed by atoms with Gasteiger partial charge in [0, 0.05) is 38.6 Å². The maximum absolute atomic E-state index is 13.7. The molecule has 236 valence electrons. The standard InChI is InChI=1S/C20H17FO3S.C18H19NOS/c1-12-17(9-13-3-6-15(7-4-13)25(2)24)16-8-5-14(21)10-19(16)18(12)11-20(22)23;1-19-12-11-17(18-10-5-13-21-18)20-16-9-4-7-14-6-2-3-8-15(14)16/h3-10H,11H2,1-2H3,(H,22,23);2-10,13,17,19H,11-12H2,1H3/b17-9-;/t;17-/m.1/s1. The normalized spacial score (nSPS) is 14.5. The number of benzene rings is 4. The summed E-state index contributed by atoms with van der Waals surface area (Å²) in [6.07, 6.45) is 4.49. The predicted octanol–water partition coefficient (Wildman–Crippen LogP) is 9.00. The molecule has 5 aromatic rings. The van der Waals surface area contributed by atoms with Gasteiger partial charge in [-0.05, 0) is 107 Å². The molecule has 0 radical (unpaired) electrons. The Labute approximate surface area is 275 Å². The maximum Gasteiger partial charge on any atom is 0.307 e. The van der Waals surface area contributed by atoms with E-state index in [0.29, 0.717) is 11.1 Å². The fourth-order valence-corrected chi connectivity index (χ4v) is 6.82. The molecule has 4 aromatic carbocycles. The number of aliphatic carboxylic acids is 1. The molecule has 5 nitrogen and oxygen atoms in total. The second-order valence-corrected chi connectivity index (χ2v) is 13.3. The molecule has 1 aliphatic carbocycles. The first-order chi connectivity index (χ1) is 22.2. The van der Waals surface area contributed by atoms with Crippen molar-refractivity contribution < 1.29 is 23.2 Å². The van der Waals surface area contributed by atoms with Gasteiger partial charge in [-0.25, -0.2) is 4.39 Å². The van der Waals surface area contributed by atoms with Gasteiger partial charge in [0.2, 0.25) is 0 Å². The van der Waals surface area contributed by atoms with E-state index in [2.05, 4.69) is 65.3 Å². The summed E-state index contributed by atoms with van der Waals surface area (Å²) in [6, 6.07) is 30.6. The molecule has 0 amide bonds. The van der Waals surface area contributed by atoms with Gasteiger partial charge in [0.1, 0.15) is 17.7 Å². The molecule has 1 aromatic heterocycles. The van der Waals surface area contributed by atoms with Crippen LogP contribution >= 0.6 is 11.3 Å². The molecule has 0 bridgehead atoms. The lowest BCUT2D eigenvalue weighted by Gasteiger charge is -2.19. The van der Waals surface area contributed by atoms with Gasteiger partial charge in [-0.3, -0.25) is 9.00 Å². The van der Waals surface area contributed by atoms with E-state index >= 15 is 0 Å². The number of carboxylic acids is 1. The first-order valence-electron chi connectivity index (χ1n) is 14.9. The summed E-state index contributed by atoms with van der Waals surface area (Å²) in [5.74, 6) is -0.367. The van der Waals surface area contributed by atoms with Gasteiger partial charge in [0.15, 0.2) is 0 Å². The Kier molecular flexibility index (Phi) is 11.0. The van der Waals surface area contributed by atoms with Gasteiger partial charge < -0.3 is 15.2 Å². The number of carbonyl (C=O) groups is 1. The highest BCUT2D eigenvalue weighted by Crippen LogP contribution is 2.44. The quantitative estimate of drug-likeness (QED) is 0.157. The molecule has 2 atom stereocenters. The number of allylic oxidation sites excluding steroid dienone is 2. The van der Waals surface area contributed by atoms with E-state index in [4.69, 9.17) is 9.84 Å². The second kappa shape index (κ2) is 15.3. The number of carboxylic acid groups (broad SMARTS) is 1. The molecule has 8 heteroatoms. The first-order valence-corrected chi connectivity index (χ1v) is 17.4. The number of ether oxygens (including phenoxy) is 1. The van der Waals surface area contributed by atoms with E-state index in [1.165, 1.54) is 27.8 Å². The van der Waals surface area contributed by atoms with Crippen molar-refractivity contribution in [2.24, 2.45) is 0 Å². The van der Waals surface area contributed by atoms with Crippen LogP contribution in [0.3, 0.4) is 0 Å². The van der Waals surface area contributed by atoms with Crippen LogP contribution in [0, 0.1) is 5.82 Å². The van der Waals surface area contributed by atoms with Crippen LogP contribution in [0.25, 0.3) is 28.0 Å². The molecule has 0 saturated carbocycles. The Morgan fingerprint density at radius 3 is 2.46 bits per heavy atom. The predicted molar refractivity (Wildman–Crippen MR) is 188 cm³/mol. The number of hydrogen-bond acceptors (Lipinski definition) is 5. The van der Waals surface area contributed by atoms with Gasteiger partial charge in [0.05, 0.1) is 6.42 Å². The van der Waals surface area contributed by atoms with Crippen LogP contribution in [0.1, 0.15) is 47.4 Å². The third-order valence-electron chi connectivity index (χ3n) is 7.84. The van der Waals surface area contributed by atoms with E-state index in [0.717, 1.165) is 45.9 Å². The molecule has 1 aliphatic rings. The number of rotatable bonds is 10. The van der Waals surface area contributed by atoms with Gasteiger partial charge >= 0.3 is 5.97 Å². The zero-order valence-corrected chi connectivity index (χ0v) is 27.6. The molecule has 0 spiro atoms. The van der Waals surface area contributed by atoms with E-state index in [-0.39, 0.29) is 18.3 Å². The van der Waals surface area contributed by atoms with Crippen LogP contribution in [0.15, 0.2) is 113 Å². The number of halogens is 1. The summed E-state index contributed by atoms with van der Waals surface area (Å²) in [5.41, 5.74) is 4.74. The highest BCUT2D eigenvalue weighted by molar-refractivity contribution is 7.84. The van der Waals surface area contributed by atoms with Crippen LogP contribution in [0.2, 0.25) is 0 Å². The van der Waals surface area contributed by atoms with Crippen molar-refractivity contribution in [2.45, 2.75) is 30.8 Å². The maximum atomic E-state index is 13.7. The Bertz CT molecular complexity index is 1910. The zero-order valence-electron chi connectivity index (χ0n) is 26.0. The van der Waals surface area contributed by atoms with E-state index in [9.17, 15) is 13.4 Å². The number of fused-ring (bicyclic) bond motifs is 2. The van der Waals surface area contributed by atoms with E-state index < -0.39 is 16.8 Å². The summed E-state index contributed by atoms with van der Waals surface area (Å²) in [4.78, 5) is 13.2. The van der Waals surface area contributed by atoms with Crippen molar-refractivity contribution in [3.05, 3.63) is 135 Å². The summed E-state index contributed by atoms with van der Waals surface area (Å²) < 4.78 is 31.5. The Balaban J connectivity index is 0.000000184. The minimum Gasteiger partial charge on any atom is -0.484 e. The molecule has 1 unspecified atom stereocenters. The van der Waals surface area contributed by atoms with Crippen LogP contribution < -0.4 is 10.1 Å². The van der Waals surface area contributed by atoms with Crippen LogP contribution in [-0.4, -0.2) is 35.1 Å².